The van der Waals surface area contributed by atoms with Gasteiger partial charge in [-0.25, -0.2) is 0 Å². The molecule has 368 valence electrons. The summed E-state index contributed by atoms with van der Waals surface area (Å²) in [6.07, 6.45) is 50.9. The van der Waals surface area contributed by atoms with E-state index in [0.717, 1.165) is 69.6 Å². The van der Waals surface area contributed by atoms with Crippen molar-refractivity contribution in [3.05, 3.63) is 0 Å². The summed E-state index contributed by atoms with van der Waals surface area (Å²) < 4.78 is 16.8. The Bertz CT molecular complexity index is 949. The lowest BCUT2D eigenvalue weighted by Gasteiger charge is -2.18. The highest BCUT2D eigenvalue weighted by Gasteiger charge is 2.19. The van der Waals surface area contributed by atoms with Crippen LogP contribution in [-0.2, 0) is 28.6 Å². The summed E-state index contributed by atoms with van der Waals surface area (Å²) in [7, 11) is 0. The summed E-state index contributed by atoms with van der Waals surface area (Å²) in [5.41, 5.74) is 0. The second kappa shape index (κ2) is 48.9. The highest BCUT2D eigenvalue weighted by atomic mass is 16.6. The lowest BCUT2D eigenvalue weighted by molar-refractivity contribution is -0.167. The SMILES string of the molecule is CCCCCCCCCCCCCCCCCC(=O)OC[C@@H](COC(=O)CCCCCCCCCCC(C)C)OC(=O)CCCCCCCCCCCCCCCCC(C)CC. The smallest absolute Gasteiger partial charge is 0.306 e. The van der Waals surface area contributed by atoms with Crippen LogP contribution in [0.15, 0.2) is 0 Å². The largest absolute Gasteiger partial charge is 0.462 e. The Labute approximate surface area is 387 Å². The third-order valence-electron chi connectivity index (χ3n) is 13.1. The Morgan fingerprint density at radius 1 is 0.339 bits per heavy atom. The molecular formula is C56H108O6. The van der Waals surface area contributed by atoms with Gasteiger partial charge in [-0.1, -0.05) is 272 Å². The lowest BCUT2D eigenvalue weighted by Crippen LogP contribution is -2.30. The first-order valence-electron chi connectivity index (χ1n) is 27.8. The predicted molar refractivity (Wildman–Crippen MR) is 266 cm³/mol. The first kappa shape index (κ1) is 60.4. The van der Waals surface area contributed by atoms with Crippen molar-refractivity contribution in [2.75, 3.05) is 13.2 Å². The summed E-state index contributed by atoms with van der Waals surface area (Å²) in [5.74, 6) is 0.846. The van der Waals surface area contributed by atoms with Gasteiger partial charge in [0.05, 0.1) is 0 Å². The zero-order valence-corrected chi connectivity index (χ0v) is 42.5. The monoisotopic (exact) mass is 877 g/mol. The molecule has 0 bridgehead atoms. The van der Waals surface area contributed by atoms with Crippen molar-refractivity contribution in [3.63, 3.8) is 0 Å². The van der Waals surface area contributed by atoms with Gasteiger partial charge in [-0.3, -0.25) is 14.4 Å². The summed E-state index contributed by atoms with van der Waals surface area (Å²) in [5, 5.41) is 0. The fourth-order valence-electron chi connectivity index (χ4n) is 8.49. The van der Waals surface area contributed by atoms with E-state index in [9.17, 15) is 14.4 Å². The number of ether oxygens (including phenoxy) is 3. The summed E-state index contributed by atoms with van der Waals surface area (Å²) in [4.78, 5) is 38.0. The number of carbonyl (C=O) groups is 3. The molecular weight excluding hydrogens is 769 g/mol. The van der Waals surface area contributed by atoms with Gasteiger partial charge < -0.3 is 14.2 Å². The second-order valence-corrected chi connectivity index (χ2v) is 19.9. The van der Waals surface area contributed by atoms with Crippen LogP contribution < -0.4 is 0 Å². The van der Waals surface area contributed by atoms with Crippen molar-refractivity contribution in [1.29, 1.82) is 0 Å². The van der Waals surface area contributed by atoms with Gasteiger partial charge in [0.2, 0.25) is 0 Å². The van der Waals surface area contributed by atoms with E-state index in [1.165, 1.54) is 199 Å². The molecule has 0 heterocycles. The number of unbranched alkanes of at least 4 members (excludes halogenated alkanes) is 34. The molecule has 0 saturated carbocycles. The average Bonchev–Trinajstić information content (AvgIpc) is 3.26. The number of carbonyl (C=O) groups excluding carboxylic acids is 3. The fraction of sp³-hybridized carbons (Fsp3) is 0.946. The molecule has 0 amide bonds. The van der Waals surface area contributed by atoms with E-state index in [1.807, 2.05) is 0 Å². The van der Waals surface area contributed by atoms with E-state index >= 15 is 0 Å². The summed E-state index contributed by atoms with van der Waals surface area (Å²) in [6.45, 7) is 11.4. The van der Waals surface area contributed by atoms with Crippen LogP contribution >= 0.6 is 0 Å². The average molecular weight is 877 g/mol. The maximum atomic E-state index is 12.8. The van der Waals surface area contributed by atoms with Gasteiger partial charge >= 0.3 is 17.9 Å². The van der Waals surface area contributed by atoms with E-state index < -0.39 is 6.10 Å². The number of hydrogen-bond donors (Lipinski definition) is 0. The van der Waals surface area contributed by atoms with Crippen LogP contribution in [0.25, 0.3) is 0 Å². The molecule has 62 heavy (non-hydrogen) atoms. The normalized spacial score (nSPS) is 12.5. The molecule has 0 aromatic heterocycles. The number of esters is 3. The van der Waals surface area contributed by atoms with Gasteiger partial charge in [-0.2, -0.15) is 0 Å². The molecule has 6 heteroatoms. The standard InChI is InChI=1S/C56H108O6/c1-6-8-9-10-11-12-13-14-15-19-22-25-31-36-41-46-54(57)60-49-53(50-61-55(58)47-42-37-32-28-27-29-34-39-44-51(3)4)62-56(59)48-43-38-33-26-23-20-17-16-18-21-24-30-35-40-45-52(5)7-2/h51-53H,6-50H2,1-5H3/t52?,53-/m0/s1. The number of rotatable bonds is 50. The first-order valence-corrected chi connectivity index (χ1v) is 27.8. The van der Waals surface area contributed by atoms with Crippen LogP contribution in [0.1, 0.15) is 311 Å². The Morgan fingerprint density at radius 3 is 0.919 bits per heavy atom. The molecule has 0 aromatic carbocycles. The quantitative estimate of drug-likeness (QED) is 0.0344. The molecule has 0 aromatic rings. The van der Waals surface area contributed by atoms with E-state index in [-0.39, 0.29) is 31.1 Å². The molecule has 0 saturated heterocycles. The van der Waals surface area contributed by atoms with Crippen LogP contribution in [0.5, 0.6) is 0 Å². The fourth-order valence-corrected chi connectivity index (χ4v) is 8.49. The summed E-state index contributed by atoms with van der Waals surface area (Å²) in [6, 6.07) is 0. The number of hydrogen-bond acceptors (Lipinski definition) is 6. The molecule has 0 spiro atoms. The molecule has 0 aliphatic carbocycles. The van der Waals surface area contributed by atoms with Gasteiger partial charge in [0.25, 0.3) is 0 Å². The zero-order valence-electron chi connectivity index (χ0n) is 42.5. The van der Waals surface area contributed by atoms with Crippen LogP contribution in [0.4, 0.5) is 0 Å². The van der Waals surface area contributed by atoms with Crippen molar-refractivity contribution < 1.29 is 28.6 Å². The van der Waals surface area contributed by atoms with Crippen LogP contribution in [0, 0.1) is 11.8 Å². The molecule has 0 aliphatic heterocycles. The van der Waals surface area contributed by atoms with Gasteiger partial charge in [-0.05, 0) is 31.1 Å². The molecule has 0 radical (unpaired) electrons. The molecule has 1 unspecified atom stereocenters. The highest BCUT2D eigenvalue weighted by molar-refractivity contribution is 5.71. The van der Waals surface area contributed by atoms with Crippen LogP contribution in [0.2, 0.25) is 0 Å². The Kier molecular flexibility index (Phi) is 47.6. The van der Waals surface area contributed by atoms with Crippen LogP contribution in [0.3, 0.4) is 0 Å². The Hall–Kier alpha value is -1.59. The van der Waals surface area contributed by atoms with E-state index in [4.69, 9.17) is 14.2 Å². The highest BCUT2D eigenvalue weighted by Crippen LogP contribution is 2.18. The summed E-state index contributed by atoms with van der Waals surface area (Å²) >= 11 is 0. The van der Waals surface area contributed by atoms with Gasteiger partial charge in [0.1, 0.15) is 13.2 Å². The molecule has 2 atom stereocenters. The van der Waals surface area contributed by atoms with Gasteiger partial charge in [0.15, 0.2) is 6.10 Å². The zero-order chi connectivity index (χ0) is 45.4. The minimum Gasteiger partial charge on any atom is -0.462 e. The predicted octanol–water partition coefficient (Wildman–Crippen LogP) is 18.1. The van der Waals surface area contributed by atoms with Crippen molar-refractivity contribution in [1.82, 2.24) is 0 Å². The Balaban J connectivity index is 4.28. The van der Waals surface area contributed by atoms with Crippen molar-refractivity contribution in [2.24, 2.45) is 11.8 Å². The van der Waals surface area contributed by atoms with E-state index in [2.05, 4.69) is 34.6 Å². The van der Waals surface area contributed by atoms with E-state index in [0.29, 0.717) is 19.3 Å². The molecule has 0 rings (SSSR count). The third kappa shape index (κ3) is 47.9. The minimum absolute atomic E-state index is 0.0633. The Morgan fingerprint density at radius 2 is 0.613 bits per heavy atom. The maximum absolute atomic E-state index is 12.8. The van der Waals surface area contributed by atoms with Crippen LogP contribution in [-0.4, -0.2) is 37.2 Å². The molecule has 0 aliphatic rings. The van der Waals surface area contributed by atoms with E-state index in [1.54, 1.807) is 0 Å². The lowest BCUT2D eigenvalue weighted by atomic mass is 9.99. The van der Waals surface area contributed by atoms with Crippen molar-refractivity contribution in [2.45, 2.75) is 317 Å². The van der Waals surface area contributed by atoms with Gasteiger partial charge in [0, 0.05) is 19.3 Å². The third-order valence-corrected chi connectivity index (χ3v) is 13.1. The second-order valence-electron chi connectivity index (χ2n) is 19.9. The van der Waals surface area contributed by atoms with Crippen molar-refractivity contribution in [3.8, 4) is 0 Å². The van der Waals surface area contributed by atoms with Crippen molar-refractivity contribution >= 4 is 17.9 Å². The van der Waals surface area contributed by atoms with Gasteiger partial charge in [-0.15, -0.1) is 0 Å². The molecule has 0 fully saturated rings. The molecule has 6 nitrogen and oxygen atoms in total. The first-order chi connectivity index (χ1) is 30.3. The minimum atomic E-state index is -0.762. The molecule has 0 N–H and O–H groups in total. The maximum Gasteiger partial charge on any atom is 0.306 e. The topological polar surface area (TPSA) is 78.9 Å².